The summed E-state index contributed by atoms with van der Waals surface area (Å²) >= 11 is 0. The first kappa shape index (κ1) is 10.3. The largest absolute Gasteiger partial charge is 0.321 e. The second-order valence-electron chi connectivity index (χ2n) is 5.74. The molecule has 3 atom stereocenters. The first-order chi connectivity index (χ1) is 7.75. The lowest BCUT2D eigenvalue weighted by Gasteiger charge is -2.30. The zero-order valence-corrected chi connectivity index (χ0v) is 10.0. The fourth-order valence-corrected chi connectivity index (χ4v) is 3.52. The predicted molar refractivity (Wildman–Crippen MR) is 66.0 cm³/mol. The number of likely N-dealkylation sites (N-methyl/N-ethyl adjacent to an activating group) is 1. The van der Waals surface area contributed by atoms with Crippen LogP contribution in [0.3, 0.4) is 0 Å². The summed E-state index contributed by atoms with van der Waals surface area (Å²) in [6, 6.07) is 11.7. The Morgan fingerprint density at radius 3 is 2.81 bits per heavy atom. The molecule has 2 heteroatoms. The average Bonchev–Trinajstić information content (AvgIpc) is 2.77. The van der Waals surface area contributed by atoms with E-state index in [1.165, 1.54) is 42.6 Å². The summed E-state index contributed by atoms with van der Waals surface area (Å²) in [5.41, 5.74) is 1.48. The van der Waals surface area contributed by atoms with Gasteiger partial charge in [0.1, 0.15) is 6.54 Å². The third kappa shape index (κ3) is 1.87. The van der Waals surface area contributed by atoms with Crippen molar-refractivity contribution in [2.75, 3.05) is 26.7 Å². The minimum atomic E-state index is 0.786. The van der Waals surface area contributed by atoms with Crippen LogP contribution in [0.5, 0.6) is 0 Å². The number of quaternary nitrogens is 1. The molecule has 0 radical (unpaired) electrons. The Labute approximate surface area is 97.9 Å². The van der Waals surface area contributed by atoms with Gasteiger partial charge in [0.15, 0.2) is 0 Å². The van der Waals surface area contributed by atoms with Gasteiger partial charge in [-0.3, -0.25) is 0 Å². The molecule has 0 amide bonds. The van der Waals surface area contributed by atoms with E-state index in [1.807, 2.05) is 0 Å². The standard InChI is InChI=1S/C14H21N2/c1-16(9-12-5-3-2-4-6-12)10-13-7-8-15-14(13)11-16/h2-6,13-15H,7-11H2,1H3/q+1/t13-,14+,16?/m0/s1. The zero-order valence-electron chi connectivity index (χ0n) is 10.0. The summed E-state index contributed by atoms with van der Waals surface area (Å²) in [4.78, 5) is 0. The molecule has 16 heavy (non-hydrogen) atoms. The number of nitrogens with one attached hydrogen (secondary N) is 1. The number of benzene rings is 1. The molecule has 1 unspecified atom stereocenters. The van der Waals surface area contributed by atoms with Crippen molar-refractivity contribution in [3.63, 3.8) is 0 Å². The Hall–Kier alpha value is -0.860. The van der Waals surface area contributed by atoms with Crippen molar-refractivity contribution < 1.29 is 4.48 Å². The molecular weight excluding hydrogens is 196 g/mol. The Morgan fingerprint density at radius 2 is 2.06 bits per heavy atom. The minimum absolute atomic E-state index is 0.786. The monoisotopic (exact) mass is 217 g/mol. The molecule has 2 heterocycles. The van der Waals surface area contributed by atoms with E-state index in [-0.39, 0.29) is 0 Å². The summed E-state index contributed by atoms with van der Waals surface area (Å²) in [7, 11) is 2.41. The lowest BCUT2D eigenvalue weighted by atomic mass is 10.1. The molecular formula is C14H21N2+. The first-order valence-electron chi connectivity index (χ1n) is 6.36. The molecule has 1 N–H and O–H groups in total. The SMILES string of the molecule is C[N+]1(Cc2ccccc2)C[C@@H]2CCN[C@@H]2C1. The normalized spacial score (nSPS) is 37.6. The predicted octanol–water partition coefficient (Wildman–Crippen LogP) is 1.62. The van der Waals surface area contributed by atoms with Crippen LogP contribution in [-0.2, 0) is 6.54 Å². The highest BCUT2D eigenvalue weighted by Crippen LogP contribution is 2.30. The van der Waals surface area contributed by atoms with Crippen LogP contribution < -0.4 is 5.32 Å². The molecule has 1 aromatic carbocycles. The highest BCUT2D eigenvalue weighted by molar-refractivity contribution is 5.13. The van der Waals surface area contributed by atoms with Crippen molar-refractivity contribution in [3.05, 3.63) is 35.9 Å². The van der Waals surface area contributed by atoms with Gasteiger partial charge in [-0.1, -0.05) is 30.3 Å². The van der Waals surface area contributed by atoms with E-state index in [9.17, 15) is 0 Å². The first-order valence-corrected chi connectivity index (χ1v) is 6.36. The van der Waals surface area contributed by atoms with Crippen molar-refractivity contribution in [1.82, 2.24) is 5.32 Å². The van der Waals surface area contributed by atoms with E-state index < -0.39 is 0 Å². The second-order valence-corrected chi connectivity index (χ2v) is 5.74. The van der Waals surface area contributed by atoms with Gasteiger partial charge < -0.3 is 9.80 Å². The molecule has 2 nitrogen and oxygen atoms in total. The van der Waals surface area contributed by atoms with Crippen molar-refractivity contribution in [2.24, 2.45) is 5.92 Å². The minimum Gasteiger partial charge on any atom is -0.321 e. The van der Waals surface area contributed by atoms with Crippen molar-refractivity contribution in [2.45, 2.75) is 19.0 Å². The number of hydrogen-bond donors (Lipinski definition) is 1. The third-order valence-corrected chi connectivity index (χ3v) is 4.21. The Balaban J connectivity index is 1.71. The molecule has 2 saturated heterocycles. The van der Waals surface area contributed by atoms with Gasteiger partial charge in [-0.05, 0) is 13.0 Å². The summed E-state index contributed by atoms with van der Waals surface area (Å²) in [6.45, 7) is 5.09. The molecule has 3 rings (SSSR count). The molecule has 1 aromatic rings. The number of nitrogens with zero attached hydrogens (tertiary/aromatic N) is 1. The zero-order chi connectivity index (χ0) is 11.0. The Kier molecular flexibility index (Phi) is 2.49. The van der Waals surface area contributed by atoms with Crippen LogP contribution in [0.2, 0.25) is 0 Å². The van der Waals surface area contributed by atoms with Crippen LogP contribution in [0, 0.1) is 5.92 Å². The summed E-state index contributed by atoms with van der Waals surface area (Å²) in [6.07, 6.45) is 1.38. The van der Waals surface area contributed by atoms with Gasteiger partial charge in [-0.15, -0.1) is 0 Å². The number of fused-ring (bicyclic) bond motifs is 1. The fraction of sp³-hybridized carbons (Fsp3) is 0.571. The van der Waals surface area contributed by atoms with E-state index in [1.54, 1.807) is 0 Å². The van der Waals surface area contributed by atoms with Gasteiger partial charge in [0, 0.05) is 11.5 Å². The van der Waals surface area contributed by atoms with Crippen LogP contribution in [0.15, 0.2) is 30.3 Å². The molecule has 0 aromatic heterocycles. The molecule has 2 aliphatic rings. The number of rotatable bonds is 2. The molecule has 2 fully saturated rings. The molecule has 0 spiro atoms. The lowest BCUT2D eigenvalue weighted by molar-refractivity contribution is -0.912. The van der Waals surface area contributed by atoms with Crippen LogP contribution in [0.4, 0.5) is 0 Å². The van der Waals surface area contributed by atoms with Crippen molar-refractivity contribution in [3.8, 4) is 0 Å². The van der Waals surface area contributed by atoms with Gasteiger partial charge in [0.2, 0.25) is 0 Å². The van der Waals surface area contributed by atoms with Gasteiger partial charge in [0.05, 0.1) is 26.2 Å². The van der Waals surface area contributed by atoms with E-state index in [0.29, 0.717) is 0 Å². The van der Waals surface area contributed by atoms with Crippen LogP contribution in [0.25, 0.3) is 0 Å². The quantitative estimate of drug-likeness (QED) is 0.742. The molecule has 2 aliphatic heterocycles. The van der Waals surface area contributed by atoms with Crippen LogP contribution >= 0.6 is 0 Å². The number of likely N-dealkylation sites (tertiary alicyclic amines) is 1. The van der Waals surface area contributed by atoms with E-state index in [2.05, 4.69) is 42.7 Å². The maximum absolute atomic E-state index is 3.64. The molecule has 86 valence electrons. The third-order valence-electron chi connectivity index (χ3n) is 4.21. The average molecular weight is 217 g/mol. The Morgan fingerprint density at radius 1 is 1.25 bits per heavy atom. The topological polar surface area (TPSA) is 12.0 Å². The molecule has 0 aliphatic carbocycles. The fourth-order valence-electron chi connectivity index (χ4n) is 3.52. The summed E-state index contributed by atoms with van der Waals surface area (Å²) < 4.78 is 1.21. The van der Waals surface area contributed by atoms with Gasteiger partial charge in [-0.25, -0.2) is 0 Å². The van der Waals surface area contributed by atoms with E-state index in [4.69, 9.17) is 0 Å². The number of hydrogen-bond acceptors (Lipinski definition) is 1. The maximum Gasteiger partial charge on any atom is 0.104 e. The van der Waals surface area contributed by atoms with Gasteiger partial charge >= 0.3 is 0 Å². The summed E-state index contributed by atoms with van der Waals surface area (Å²) in [5.74, 6) is 0.925. The van der Waals surface area contributed by atoms with E-state index >= 15 is 0 Å². The van der Waals surface area contributed by atoms with Crippen molar-refractivity contribution in [1.29, 1.82) is 0 Å². The Bertz CT molecular complexity index is 348. The smallest absolute Gasteiger partial charge is 0.104 e. The van der Waals surface area contributed by atoms with Gasteiger partial charge in [-0.2, -0.15) is 0 Å². The lowest BCUT2D eigenvalue weighted by Crippen LogP contribution is -2.43. The van der Waals surface area contributed by atoms with Crippen molar-refractivity contribution >= 4 is 0 Å². The maximum atomic E-state index is 3.64. The highest BCUT2D eigenvalue weighted by atomic mass is 15.4. The second kappa shape index (κ2) is 3.86. The summed E-state index contributed by atoms with van der Waals surface area (Å²) in [5, 5.41) is 3.64. The van der Waals surface area contributed by atoms with Crippen LogP contribution in [-0.4, -0.2) is 37.2 Å². The van der Waals surface area contributed by atoms with Gasteiger partial charge in [0.25, 0.3) is 0 Å². The van der Waals surface area contributed by atoms with E-state index in [0.717, 1.165) is 12.0 Å². The highest BCUT2D eigenvalue weighted by Gasteiger charge is 2.44. The molecule has 0 bridgehead atoms. The van der Waals surface area contributed by atoms with Crippen LogP contribution in [0.1, 0.15) is 12.0 Å². The molecule has 0 saturated carbocycles.